The number of nitrogens with one attached hydrogen (secondary N) is 1. The first-order valence-electron chi connectivity index (χ1n) is 12.9. The van der Waals surface area contributed by atoms with Crippen LogP contribution in [0, 0.1) is 13.5 Å². The maximum absolute atomic E-state index is 12.6. The van der Waals surface area contributed by atoms with Crippen LogP contribution in [0.3, 0.4) is 0 Å². The Balaban J connectivity index is 0.00000229. The van der Waals surface area contributed by atoms with Crippen LogP contribution in [0.2, 0.25) is 0 Å². The van der Waals surface area contributed by atoms with E-state index in [0.29, 0.717) is 12.0 Å². The lowest BCUT2D eigenvalue weighted by Crippen LogP contribution is -2.42. The molecule has 3 N–H and O–H groups in total. The molecule has 1 aromatic rings. The summed E-state index contributed by atoms with van der Waals surface area (Å²) in [7, 11) is -0.366. The van der Waals surface area contributed by atoms with Gasteiger partial charge in [-0.25, -0.2) is 16.0 Å². The molecular formula is C23H41N4O8P. The molecule has 1 fully saturated rings. The predicted molar refractivity (Wildman–Crippen MR) is 137 cm³/mol. The van der Waals surface area contributed by atoms with Crippen LogP contribution in [0.1, 0.15) is 54.2 Å². The van der Waals surface area contributed by atoms with Gasteiger partial charge in [0.05, 0.1) is 6.10 Å². The molecule has 0 saturated carbocycles. The second kappa shape index (κ2) is 16.2. The van der Waals surface area contributed by atoms with E-state index in [1.54, 1.807) is 6.92 Å². The summed E-state index contributed by atoms with van der Waals surface area (Å²) in [4.78, 5) is 30.1. The van der Waals surface area contributed by atoms with Crippen molar-refractivity contribution in [2.75, 3.05) is 33.5 Å². The van der Waals surface area contributed by atoms with Crippen LogP contribution < -0.4 is 11.2 Å². The molecule has 0 aromatic carbocycles. The number of hydrogen-bond acceptors (Lipinski definition) is 9. The molecule has 1 saturated heterocycles. The molecule has 0 bridgehead atoms. The number of rotatable bonds is 13. The number of aliphatic hydroxyl groups excluding tert-OH is 2. The molecule has 1 unspecified atom stereocenters. The van der Waals surface area contributed by atoms with E-state index in [2.05, 4.69) is 19.6 Å². The number of aromatic nitrogens is 2. The Labute approximate surface area is 216 Å². The van der Waals surface area contributed by atoms with E-state index in [9.17, 15) is 14.7 Å². The first kappa shape index (κ1) is 28.9. The van der Waals surface area contributed by atoms with Gasteiger partial charge in [0.1, 0.15) is 18.8 Å². The second-order valence-electron chi connectivity index (χ2n) is 8.55. The Morgan fingerprint density at radius 3 is 2.58 bits per heavy atom. The minimum atomic E-state index is -1.66. The van der Waals surface area contributed by atoms with Gasteiger partial charge in [-0.15, -0.1) is 0 Å². The van der Waals surface area contributed by atoms with Crippen LogP contribution in [0.5, 0.6) is 0 Å². The van der Waals surface area contributed by atoms with Gasteiger partial charge in [0.15, 0.2) is 6.23 Å². The maximum Gasteiger partial charge on any atom is 0.330 e. The summed E-state index contributed by atoms with van der Waals surface area (Å²) >= 11 is 0. The summed E-state index contributed by atoms with van der Waals surface area (Å²) in [5.41, 5.74) is -0.829. The molecular weight excluding hydrogens is 491 g/mol. The van der Waals surface area contributed by atoms with Gasteiger partial charge in [0, 0.05) is 45.5 Å². The smallest absolute Gasteiger partial charge is 0.330 e. The van der Waals surface area contributed by atoms with Gasteiger partial charge in [0.2, 0.25) is 7.98 Å². The minimum Gasteiger partial charge on any atom is -0.400 e. The molecule has 0 aliphatic carbocycles. The summed E-state index contributed by atoms with van der Waals surface area (Å²) in [6, 6.07) is 0.139. The van der Waals surface area contributed by atoms with Gasteiger partial charge in [-0.1, -0.05) is 0 Å². The lowest BCUT2D eigenvalue weighted by molar-refractivity contribution is -0.0705. The third-order valence-electron chi connectivity index (χ3n) is 5.18. The average molecular weight is 536 g/mol. The number of H-pyrrole nitrogens is 1. The standard InChI is InChI=1S/C22H37N4O7P.CH4O/c1-14(2)26(15(3)4)34(31-12-9-23-7)33-18-17(6)32-21(19(18)30-11-8-10-27)25-13-16(5)20(28)24-22(25)29;1-2/h13-15,17-19,21,27H,8-12H2,1-6H3,(H,24,28,29);2H,1H3/t17-,18-,19-,21-,34?;/m1./s1/i6D;2T. The van der Waals surface area contributed by atoms with Crippen LogP contribution >= 0.6 is 8.53 Å². The largest absolute Gasteiger partial charge is 0.400 e. The van der Waals surface area contributed by atoms with Gasteiger partial charge in [-0.2, -0.15) is 0 Å². The van der Waals surface area contributed by atoms with E-state index in [1.165, 1.54) is 17.9 Å². The van der Waals surface area contributed by atoms with Crippen LogP contribution in [-0.4, -0.2) is 89.7 Å². The summed E-state index contributed by atoms with van der Waals surface area (Å²) < 4.78 is 41.7. The molecule has 13 heteroatoms. The Bertz CT molecular complexity index is 966. The number of aryl methyl sites for hydroxylation is 1. The van der Waals surface area contributed by atoms with Crippen LogP contribution in [0.25, 0.3) is 4.85 Å². The highest BCUT2D eigenvalue weighted by Crippen LogP contribution is 2.50. The molecule has 2 heterocycles. The lowest BCUT2D eigenvalue weighted by atomic mass is 10.1. The van der Waals surface area contributed by atoms with Gasteiger partial charge < -0.3 is 33.6 Å². The zero-order valence-corrected chi connectivity index (χ0v) is 22.8. The van der Waals surface area contributed by atoms with Crippen LogP contribution in [0.15, 0.2) is 15.8 Å². The molecule has 0 amide bonds. The molecule has 2 rings (SSSR count). The normalized spacial score (nSPS) is 23.2. The predicted octanol–water partition coefficient (Wildman–Crippen LogP) is 1.81. The molecule has 1 aliphatic rings. The van der Waals surface area contributed by atoms with Crippen LogP contribution in [-0.2, 0) is 18.5 Å². The van der Waals surface area contributed by atoms with Gasteiger partial charge in [-0.3, -0.25) is 14.3 Å². The number of hydrogen-bond donors (Lipinski definition) is 3. The monoisotopic (exact) mass is 535 g/mol. The molecule has 206 valence electrons. The van der Waals surface area contributed by atoms with E-state index in [0.717, 1.165) is 0 Å². The van der Waals surface area contributed by atoms with E-state index >= 15 is 0 Å². The number of nitrogens with zero attached hydrogens (tertiary/aromatic N) is 3. The third-order valence-corrected chi connectivity index (χ3v) is 7.31. The van der Waals surface area contributed by atoms with Crippen molar-refractivity contribution in [2.24, 2.45) is 0 Å². The second-order valence-corrected chi connectivity index (χ2v) is 9.95. The molecule has 5 atom stereocenters. The fourth-order valence-electron chi connectivity index (χ4n) is 3.69. The fourth-order valence-corrected chi connectivity index (χ4v) is 5.45. The molecule has 1 aliphatic heterocycles. The summed E-state index contributed by atoms with van der Waals surface area (Å²) in [6.07, 6.45) is -1.51. The summed E-state index contributed by atoms with van der Waals surface area (Å²) in [6.45, 7) is 17.0. The zero-order chi connectivity index (χ0) is 28.8. The lowest BCUT2D eigenvalue weighted by Gasteiger charge is -2.37. The maximum atomic E-state index is 12.6. The molecule has 1 aromatic heterocycles. The Hall–Kier alpha value is -1.68. The van der Waals surface area contributed by atoms with E-state index in [1.807, 2.05) is 27.7 Å². The molecule has 0 radical (unpaired) electrons. The van der Waals surface area contributed by atoms with Gasteiger partial charge in [-0.05, 0) is 47.9 Å². The average Bonchev–Trinajstić information content (AvgIpc) is 3.18. The van der Waals surface area contributed by atoms with E-state index in [4.69, 9.17) is 27.9 Å². The summed E-state index contributed by atoms with van der Waals surface area (Å²) in [5.74, 6) is 0. The highest BCUT2D eigenvalue weighted by molar-refractivity contribution is 7.44. The van der Waals surface area contributed by atoms with Gasteiger partial charge in [0.25, 0.3) is 14.1 Å². The number of aliphatic hydroxyl groups is 2. The topological polar surface area (TPSA) is 140 Å². The van der Waals surface area contributed by atoms with Crippen molar-refractivity contribution in [3.63, 3.8) is 0 Å². The number of ether oxygens (including phenoxy) is 2. The van der Waals surface area contributed by atoms with E-state index < -0.39 is 44.3 Å². The van der Waals surface area contributed by atoms with Crippen molar-refractivity contribution in [3.05, 3.63) is 44.0 Å². The van der Waals surface area contributed by atoms with Crippen molar-refractivity contribution in [1.82, 2.24) is 14.2 Å². The van der Waals surface area contributed by atoms with Crippen molar-refractivity contribution < 1.29 is 30.1 Å². The quantitative estimate of drug-likeness (QED) is 0.196. The van der Waals surface area contributed by atoms with Gasteiger partial charge >= 0.3 is 5.69 Å². The fraction of sp³-hybridized carbons (Fsp3) is 0.783. The Morgan fingerprint density at radius 2 is 2.03 bits per heavy atom. The van der Waals surface area contributed by atoms with Crippen molar-refractivity contribution in [3.8, 4) is 0 Å². The zero-order valence-electron chi connectivity index (χ0n) is 23.9. The Morgan fingerprint density at radius 1 is 1.36 bits per heavy atom. The van der Waals surface area contributed by atoms with E-state index in [-0.39, 0.29) is 45.3 Å². The number of aromatic amines is 1. The SMILES string of the molecule is [2H]C[C@H]1O[C@@H](n2cc(C)c(=O)[nH]c2=O)[C@H](OCCCO)[C@@H]1OP(OCC[N+]#[C-])N(C(C)C)C(C)C.[3H]OC. The van der Waals surface area contributed by atoms with Crippen molar-refractivity contribution in [2.45, 2.75) is 84.6 Å². The molecule has 12 nitrogen and oxygen atoms in total. The first-order valence-corrected chi connectivity index (χ1v) is 12.9. The van der Waals surface area contributed by atoms with Crippen molar-refractivity contribution in [1.29, 1.82) is 1.43 Å². The highest BCUT2D eigenvalue weighted by Gasteiger charge is 2.48. The van der Waals surface area contributed by atoms with Crippen LogP contribution in [0.4, 0.5) is 0 Å². The molecule has 36 heavy (non-hydrogen) atoms. The minimum absolute atomic E-state index is 0.0693. The first-order chi connectivity index (χ1) is 18.1. The third kappa shape index (κ3) is 8.71. The Kier molecular flexibility index (Phi) is 13.0. The highest BCUT2D eigenvalue weighted by atomic mass is 31.2. The summed E-state index contributed by atoms with van der Waals surface area (Å²) in [5, 5.41) is 12.7. The van der Waals surface area contributed by atoms with Crippen molar-refractivity contribution >= 4 is 8.53 Å². The molecule has 0 spiro atoms.